The third kappa shape index (κ3) is 5.67. The monoisotopic (exact) mass is 311 g/mol. The number of rotatable bonds is 7. The summed E-state index contributed by atoms with van der Waals surface area (Å²) in [5, 5.41) is 3.04. The van der Waals surface area contributed by atoms with Gasteiger partial charge in [-0.25, -0.2) is 0 Å². The maximum atomic E-state index is 12.0. The van der Waals surface area contributed by atoms with E-state index in [1.54, 1.807) is 0 Å². The zero-order valence-corrected chi connectivity index (χ0v) is 12.8. The number of carbonyl (C=O) groups excluding carboxylic acids is 1. The second-order valence-electron chi connectivity index (χ2n) is 4.73. The smallest absolute Gasteiger partial charge is 0.251 e. The van der Waals surface area contributed by atoms with E-state index in [0.29, 0.717) is 5.56 Å². The summed E-state index contributed by atoms with van der Waals surface area (Å²) in [6, 6.07) is 7.73. The third-order valence-electron chi connectivity index (χ3n) is 2.95. The highest BCUT2D eigenvalue weighted by Crippen LogP contribution is 2.12. The molecule has 0 aromatic heterocycles. The van der Waals surface area contributed by atoms with E-state index in [4.69, 9.17) is 0 Å². The summed E-state index contributed by atoms with van der Waals surface area (Å²) in [5.41, 5.74) is 0.713. The van der Waals surface area contributed by atoms with Gasteiger partial charge < -0.3 is 5.32 Å². The normalized spacial score (nSPS) is 12.2. The summed E-state index contributed by atoms with van der Waals surface area (Å²) in [6.45, 7) is 4.28. The molecule has 0 spiro atoms. The summed E-state index contributed by atoms with van der Waals surface area (Å²) in [7, 11) is 0. The van der Waals surface area contributed by atoms with Gasteiger partial charge in [-0.15, -0.1) is 0 Å². The lowest BCUT2D eigenvalue weighted by molar-refractivity contribution is 0.0938. The molecule has 0 fully saturated rings. The minimum absolute atomic E-state index is 0.0132. The van der Waals surface area contributed by atoms with Gasteiger partial charge in [0.2, 0.25) is 0 Å². The molecule has 1 unspecified atom stereocenters. The molecule has 0 bridgehead atoms. The molecule has 1 rings (SSSR count). The fraction of sp³-hybridized carbons (Fsp3) is 0.533. The van der Waals surface area contributed by atoms with Gasteiger partial charge in [-0.05, 0) is 31.5 Å². The minimum Gasteiger partial charge on any atom is -0.350 e. The van der Waals surface area contributed by atoms with Crippen LogP contribution in [0.5, 0.6) is 0 Å². The molecule has 100 valence electrons. The van der Waals surface area contributed by atoms with Crippen LogP contribution in [0.25, 0.3) is 0 Å². The highest BCUT2D eigenvalue weighted by molar-refractivity contribution is 9.10. The fourth-order valence-corrected chi connectivity index (χ4v) is 2.29. The molecule has 0 radical (unpaired) electrons. The van der Waals surface area contributed by atoms with Crippen LogP contribution in [0, 0.1) is 0 Å². The van der Waals surface area contributed by atoms with Crippen molar-refractivity contribution in [3.05, 3.63) is 34.3 Å². The Hall–Kier alpha value is -0.830. The second-order valence-corrected chi connectivity index (χ2v) is 5.65. The standard InChI is InChI=1S/C15H22BrNO/c1-3-4-5-6-8-12(2)17-15(18)13-9-7-10-14(16)11-13/h7,9-12H,3-6,8H2,1-2H3,(H,17,18). The Morgan fingerprint density at radius 1 is 1.33 bits per heavy atom. The Morgan fingerprint density at radius 3 is 2.78 bits per heavy atom. The molecule has 18 heavy (non-hydrogen) atoms. The molecule has 1 aromatic rings. The van der Waals surface area contributed by atoms with Crippen LogP contribution in [0.1, 0.15) is 56.3 Å². The lowest BCUT2D eigenvalue weighted by Gasteiger charge is -2.13. The molecular formula is C15H22BrNO. The summed E-state index contributed by atoms with van der Waals surface area (Å²) < 4.78 is 0.936. The van der Waals surface area contributed by atoms with E-state index >= 15 is 0 Å². The van der Waals surface area contributed by atoms with Gasteiger partial charge in [-0.1, -0.05) is 54.6 Å². The minimum atomic E-state index is 0.0132. The molecule has 1 N–H and O–H groups in total. The Balaban J connectivity index is 2.35. The predicted octanol–water partition coefficient (Wildman–Crippen LogP) is 4.54. The first-order chi connectivity index (χ1) is 8.63. The van der Waals surface area contributed by atoms with Gasteiger partial charge in [0.15, 0.2) is 0 Å². The number of unbranched alkanes of at least 4 members (excludes halogenated alkanes) is 3. The number of carbonyl (C=O) groups is 1. The van der Waals surface area contributed by atoms with Crippen molar-refractivity contribution in [3.8, 4) is 0 Å². The molecule has 0 saturated heterocycles. The first-order valence-electron chi connectivity index (χ1n) is 6.70. The highest BCUT2D eigenvalue weighted by atomic mass is 79.9. The molecule has 0 aliphatic carbocycles. The molecular weight excluding hydrogens is 290 g/mol. The van der Waals surface area contributed by atoms with E-state index in [1.807, 2.05) is 24.3 Å². The number of nitrogens with one attached hydrogen (secondary N) is 1. The summed E-state index contributed by atoms with van der Waals surface area (Å²) in [4.78, 5) is 12.0. The van der Waals surface area contributed by atoms with Crippen LogP contribution in [0.4, 0.5) is 0 Å². The number of halogens is 1. The summed E-state index contributed by atoms with van der Waals surface area (Å²) >= 11 is 3.38. The molecule has 1 aromatic carbocycles. The van der Waals surface area contributed by atoms with Crippen LogP contribution in [0.2, 0.25) is 0 Å². The molecule has 3 heteroatoms. The Kier molecular flexibility index (Phi) is 7.02. The van der Waals surface area contributed by atoms with Crippen LogP contribution in [-0.2, 0) is 0 Å². The number of hydrogen-bond acceptors (Lipinski definition) is 1. The maximum Gasteiger partial charge on any atom is 0.251 e. The van der Waals surface area contributed by atoms with Gasteiger partial charge in [-0.3, -0.25) is 4.79 Å². The predicted molar refractivity (Wildman–Crippen MR) is 79.8 cm³/mol. The third-order valence-corrected chi connectivity index (χ3v) is 3.45. The topological polar surface area (TPSA) is 29.1 Å². The molecule has 2 nitrogen and oxygen atoms in total. The van der Waals surface area contributed by atoms with Crippen LogP contribution in [0.3, 0.4) is 0 Å². The molecule has 1 atom stereocenters. The average Bonchev–Trinajstić information content (AvgIpc) is 2.34. The Labute approximate surface area is 118 Å². The SMILES string of the molecule is CCCCCCC(C)NC(=O)c1cccc(Br)c1. The Morgan fingerprint density at radius 2 is 2.11 bits per heavy atom. The van der Waals surface area contributed by atoms with E-state index in [9.17, 15) is 4.79 Å². The number of hydrogen-bond donors (Lipinski definition) is 1. The van der Waals surface area contributed by atoms with E-state index in [-0.39, 0.29) is 11.9 Å². The zero-order chi connectivity index (χ0) is 13.4. The molecule has 0 aliphatic rings. The van der Waals surface area contributed by atoms with Crippen LogP contribution < -0.4 is 5.32 Å². The van der Waals surface area contributed by atoms with Crippen molar-refractivity contribution < 1.29 is 4.79 Å². The van der Waals surface area contributed by atoms with Crippen molar-refractivity contribution >= 4 is 21.8 Å². The maximum absolute atomic E-state index is 12.0. The second kappa shape index (κ2) is 8.30. The molecule has 0 aliphatic heterocycles. The van der Waals surface area contributed by atoms with E-state index < -0.39 is 0 Å². The lowest BCUT2D eigenvalue weighted by atomic mass is 10.1. The van der Waals surface area contributed by atoms with Gasteiger partial charge in [0.05, 0.1) is 0 Å². The quantitative estimate of drug-likeness (QED) is 0.736. The van der Waals surface area contributed by atoms with Gasteiger partial charge in [0.1, 0.15) is 0 Å². The first kappa shape index (κ1) is 15.2. The summed E-state index contributed by atoms with van der Waals surface area (Å²) in [6.07, 6.45) is 6.03. The van der Waals surface area contributed by atoms with Crippen molar-refractivity contribution in [2.24, 2.45) is 0 Å². The van der Waals surface area contributed by atoms with Crippen LogP contribution in [-0.4, -0.2) is 11.9 Å². The van der Waals surface area contributed by atoms with Gasteiger partial charge in [0.25, 0.3) is 5.91 Å². The molecule has 1 amide bonds. The summed E-state index contributed by atoms with van der Waals surface area (Å²) in [5.74, 6) is 0.0132. The average molecular weight is 312 g/mol. The van der Waals surface area contributed by atoms with Crippen molar-refractivity contribution in [2.75, 3.05) is 0 Å². The highest BCUT2D eigenvalue weighted by Gasteiger charge is 2.09. The van der Waals surface area contributed by atoms with Crippen LogP contribution >= 0.6 is 15.9 Å². The number of benzene rings is 1. The van der Waals surface area contributed by atoms with Crippen molar-refractivity contribution in [3.63, 3.8) is 0 Å². The lowest BCUT2D eigenvalue weighted by Crippen LogP contribution is -2.32. The largest absolute Gasteiger partial charge is 0.350 e. The Bertz CT molecular complexity index is 379. The van der Waals surface area contributed by atoms with E-state index in [1.165, 1.54) is 25.7 Å². The van der Waals surface area contributed by atoms with Gasteiger partial charge >= 0.3 is 0 Å². The first-order valence-corrected chi connectivity index (χ1v) is 7.49. The number of amides is 1. The van der Waals surface area contributed by atoms with Crippen molar-refractivity contribution in [2.45, 2.75) is 52.0 Å². The zero-order valence-electron chi connectivity index (χ0n) is 11.2. The van der Waals surface area contributed by atoms with Crippen molar-refractivity contribution in [1.29, 1.82) is 0 Å². The van der Waals surface area contributed by atoms with Gasteiger partial charge in [-0.2, -0.15) is 0 Å². The fourth-order valence-electron chi connectivity index (χ4n) is 1.89. The van der Waals surface area contributed by atoms with Crippen molar-refractivity contribution in [1.82, 2.24) is 5.32 Å². The molecule has 0 saturated carbocycles. The van der Waals surface area contributed by atoms with Gasteiger partial charge in [0, 0.05) is 16.1 Å². The van der Waals surface area contributed by atoms with E-state index in [2.05, 4.69) is 35.1 Å². The van der Waals surface area contributed by atoms with E-state index in [0.717, 1.165) is 10.9 Å². The molecule has 0 heterocycles. The van der Waals surface area contributed by atoms with Crippen LogP contribution in [0.15, 0.2) is 28.7 Å².